The molecule has 1 aromatic heterocycles. The van der Waals surface area contributed by atoms with E-state index in [0.29, 0.717) is 10.9 Å². The molecule has 1 radical (unpaired) electrons. The predicted octanol–water partition coefficient (Wildman–Crippen LogP) is 2.19. The van der Waals surface area contributed by atoms with Gasteiger partial charge in [-0.1, -0.05) is 11.6 Å². The Labute approximate surface area is 74.0 Å². The molecule has 0 atom stereocenters. The van der Waals surface area contributed by atoms with Crippen LogP contribution in [0.3, 0.4) is 0 Å². The van der Waals surface area contributed by atoms with Crippen LogP contribution >= 0.6 is 11.6 Å². The second-order valence-electron chi connectivity index (χ2n) is 2.17. The maximum Gasteiger partial charge on any atom is 0.247 e. The number of hydrogen-bond acceptors (Lipinski definition) is 3. The van der Waals surface area contributed by atoms with E-state index < -0.39 is 0 Å². The highest BCUT2D eigenvalue weighted by Gasteiger charge is 2.01. The van der Waals surface area contributed by atoms with E-state index in [4.69, 9.17) is 16.0 Å². The first kappa shape index (κ1) is 7.31. The number of halogens is 1. The van der Waals surface area contributed by atoms with Crippen LogP contribution < -0.4 is 0 Å². The second kappa shape index (κ2) is 2.95. The van der Waals surface area contributed by atoms with Crippen LogP contribution in [0.1, 0.15) is 0 Å². The first-order valence-electron chi connectivity index (χ1n) is 3.30. The number of hydrogen-bond donors (Lipinski definition) is 0. The lowest BCUT2D eigenvalue weighted by Gasteiger charge is -1.92. The van der Waals surface area contributed by atoms with E-state index >= 15 is 0 Å². The van der Waals surface area contributed by atoms with E-state index in [1.54, 1.807) is 18.2 Å². The lowest BCUT2D eigenvalue weighted by molar-refractivity contribution is 0.568. The van der Waals surface area contributed by atoms with Crippen molar-refractivity contribution in [2.45, 2.75) is 0 Å². The number of benzene rings is 1. The summed E-state index contributed by atoms with van der Waals surface area (Å²) in [6, 6.07) is 8.05. The van der Waals surface area contributed by atoms with Gasteiger partial charge in [0.25, 0.3) is 0 Å². The number of rotatable bonds is 1. The van der Waals surface area contributed by atoms with Gasteiger partial charge in [0.2, 0.25) is 12.3 Å². The fraction of sp³-hybridized carbons (Fsp3) is 0. The number of aromatic nitrogens is 2. The third-order valence-corrected chi connectivity index (χ3v) is 1.62. The Balaban J connectivity index is 2.43. The molecule has 0 bridgehead atoms. The molecule has 4 heteroatoms. The monoisotopic (exact) mass is 179 g/mol. The van der Waals surface area contributed by atoms with Gasteiger partial charge in [0.1, 0.15) is 0 Å². The minimum Gasteiger partial charge on any atom is -0.423 e. The zero-order valence-corrected chi connectivity index (χ0v) is 6.75. The Hall–Kier alpha value is -1.35. The molecular formula is C8H4ClN2O. The van der Waals surface area contributed by atoms with Crippen LogP contribution in [0.5, 0.6) is 0 Å². The van der Waals surface area contributed by atoms with Crippen LogP contribution in [0.25, 0.3) is 11.5 Å². The molecule has 0 spiro atoms. The molecule has 0 aliphatic rings. The largest absolute Gasteiger partial charge is 0.423 e. The highest BCUT2D eigenvalue weighted by atomic mass is 35.5. The van der Waals surface area contributed by atoms with Crippen molar-refractivity contribution in [3.8, 4) is 11.5 Å². The molecule has 2 rings (SSSR count). The van der Waals surface area contributed by atoms with Gasteiger partial charge >= 0.3 is 0 Å². The van der Waals surface area contributed by atoms with Crippen LogP contribution in [0.2, 0.25) is 5.02 Å². The molecule has 0 saturated carbocycles. The fourth-order valence-corrected chi connectivity index (χ4v) is 0.955. The van der Waals surface area contributed by atoms with Crippen molar-refractivity contribution in [1.82, 2.24) is 10.2 Å². The Morgan fingerprint density at radius 3 is 2.92 bits per heavy atom. The Morgan fingerprint density at radius 1 is 1.42 bits per heavy atom. The van der Waals surface area contributed by atoms with Crippen molar-refractivity contribution in [2.24, 2.45) is 0 Å². The molecule has 1 heterocycles. The maximum absolute atomic E-state index is 5.65. The third-order valence-electron chi connectivity index (χ3n) is 1.38. The summed E-state index contributed by atoms with van der Waals surface area (Å²) in [6.45, 7) is 0. The van der Waals surface area contributed by atoms with Crippen molar-refractivity contribution in [3.05, 3.63) is 35.7 Å². The molecule has 2 aromatic rings. The van der Waals surface area contributed by atoms with Gasteiger partial charge in [-0.05, 0) is 18.2 Å². The molecule has 0 unspecified atom stereocenters. The predicted molar refractivity (Wildman–Crippen MR) is 43.6 cm³/mol. The van der Waals surface area contributed by atoms with E-state index in [1.165, 1.54) is 6.39 Å². The molecular weight excluding hydrogens is 176 g/mol. The van der Waals surface area contributed by atoms with Crippen LogP contribution in [-0.2, 0) is 0 Å². The van der Waals surface area contributed by atoms with E-state index in [2.05, 4.69) is 16.3 Å². The summed E-state index contributed by atoms with van der Waals surface area (Å²) in [7, 11) is 0. The second-order valence-corrected chi connectivity index (χ2v) is 2.58. The fourth-order valence-electron chi connectivity index (χ4n) is 0.838. The molecule has 3 nitrogen and oxygen atoms in total. The van der Waals surface area contributed by atoms with Crippen molar-refractivity contribution >= 4 is 11.6 Å². The summed E-state index contributed by atoms with van der Waals surface area (Å²) in [5, 5.41) is 7.86. The molecule has 0 saturated heterocycles. The summed E-state index contributed by atoms with van der Waals surface area (Å²) in [5.74, 6) is 0.475. The summed E-state index contributed by atoms with van der Waals surface area (Å²) >= 11 is 5.65. The Morgan fingerprint density at radius 2 is 2.33 bits per heavy atom. The third kappa shape index (κ3) is 1.31. The zero-order chi connectivity index (χ0) is 8.39. The molecule has 0 N–H and O–H groups in total. The van der Waals surface area contributed by atoms with E-state index in [1.807, 2.05) is 0 Å². The normalized spacial score (nSPS) is 10.1. The average molecular weight is 180 g/mol. The zero-order valence-electron chi connectivity index (χ0n) is 5.99. The minimum atomic E-state index is 0.475. The molecule has 1 aromatic carbocycles. The number of nitrogens with zero attached hydrogens (tertiary/aromatic N) is 2. The standard InChI is InChI=1S/C8H4ClN2O/c9-7-3-1-6(2-4-7)8-11-10-5-12-8/h1-3,5H. The molecule has 0 aliphatic carbocycles. The summed E-state index contributed by atoms with van der Waals surface area (Å²) < 4.78 is 4.97. The van der Waals surface area contributed by atoms with Crippen LogP contribution in [0.15, 0.2) is 29.0 Å². The topological polar surface area (TPSA) is 38.9 Å². The quantitative estimate of drug-likeness (QED) is 0.674. The molecule has 12 heavy (non-hydrogen) atoms. The van der Waals surface area contributed by atoms with Crippen LogP contribution in [0.4, 0.5) is 0 Å². The van der Waals surface area contributed by atoms with Crippen LogP contribution in [0, 0.1) is 6.07 Å². The molecule has 59 valence electrons. The lowest BCUT2D eigenvalue weighted by atomic mass is 10.2. The van der Waals surface area contributed by atoms with Gasteiger partial charge in [0, 0.05) is 16.7 Å². The average Bonchev–Trinajstić information content (AvgIpc) is 2.58. The van der Waals surface area contributed by atoms with Gasteiger partial charge in [0.15, 0.2) is 0 Å². The van der Waals surface area contributed by atoms with Gasteiger partial charge in [-0.2, -0.15) is 0 Å². The Kier molecular flexibility index (Phi) is 1.80. The van der Waals surface area contributed by atoms with Gasteiger partial charge in [-0.25, -0.2) is 0 Å². The van der Waals surface area contributed by atoms with Crippen LogP contribution in [-0.4, -0.2) is 10.2 Å². The van der Waals surface area contributed by atoms with Crippen molar-refractivity contribution in [3.63, 3.8) is 0 Å². The maximum atomic E-state index is 5.65. The molecule has 0 amide bonds. The van der Waals surface area contributed by atoms with E-state index in [9.17, 15) is 0 Å². The SMILES string of the molecule is Clc1[c]cc(-c2nnco2)cc1. The molecule has 0 aliphatic heterocycles. The first-order chi connectivity index (χ1) is 5.86. The smallest absolute Gasteiger partial charge is 0.247 e. The summed E-state index contributed by atoms with van der Waals surface area (Å²) in [6.07, 6.45) is 1.28. The van der Waals surface area contributed by atoms with Gasteiger partial charge in [-0.15, -0.1) is 10.2 Å². The first-order valence-corrected chi connectivity index (χ1v) is 3.68. The van der Waals surface area contributed by atoms with Gasteiger partial charge < -0.3 is 4.42 Å². The minimum absolute atomic E-state index is 0.475. The highest BCUT2D eigenvalue weighted by molar-refractivity contribution is 6.30. The van der Waals surface area contributed by atoms with E-state index in [-0.39, 0.29) is 0 Å². The Bertz CT molecular complexity index is 355. The lowest BCUT2D eigenvalue weighted by Crippen LogP contribution is -1.76. The van der Waals surface area contributed by atoms with E-state index in [0.717, 1.165) is 5.56 Å². The van der Waals surface area contributed by atoms with Gasteiger partial charge in [0.05, 0.1) is 0 Å². The highest BCUT2D eigenvalue weighted by Crippen LogP contribution is 2.17. The van der Waals surface area contributed by atoms with Crippen molar-refractivity contribution < 1.29 is 4.42 Å². The molecule has 0 fully saturated rings. The van der Waals surface area contributed by atoms with Crippen molar-refractivity contribution in [1.29, 1.82) is 0 Å². The summed E-state index contributed by atoms with van der Waals surface area (Å²) in [4.78, 5) is 0. The summed E-state index contributed by atoms with van der Waals surface area (Å²) in [5.41, 5.74) is 0.817. The van der Waals surface area contributed by atoms with Crippen molar-refractivity contribution in [2.75, 3.05) is 0 Å². The van der Waals surface area contributed by atoms with Gasteiger partial charge in [-0.3, -0.25) is 0 Å².